The minimum atomic E-state index is -0.770. The number of unbranched alkanes of at least 4 members (excludes halogenated alkanes) is 1. The van der Waals surface area contributed by atoms with Crippen LogP contribution in [0.2, 0.25) is 0 Å². The standard InChI is InChI=1S/C8H18N2O2.3CHNO/c1-2-10-7(8(11)12)5-3-4-6-9;3*2-1-3/h7,10H,2-6,9H2,1H3,(H,11,12);3*2H. The first-order valence-electron chi connectivity index (χ1n) is 5.74. The van der Waals surface area contributed by atoms with Gasteiger partial charge in [0.15, 0.2) is 0 Å². The maximum absolute atomic E-state index is 10.6. The van der Waals surface area contributed by atoms with Gasteiger partial charge in [-0.3, -0.25) is 4.79 Å². The molecule has 0 radical (unpaired) electrons. The van der Waals surface area contributed by atoms with Gasteiger partial charge in [0.2, 0.25) is 18.2 Å². The summed E-state index contributed by atoms with van der Waals surface area (Å²) in [6, 6.07) is -0.401. The lowest BCUT2D eigenvalue weighted by Gasteiger charge is -2.11. The fourth-order valence-corrected chi connectivity index (χ4v) is 1.05. The van der Waals surface area contributed by atoms with Gasteiger partial charge >= 0.3 is 5.97 Å². The molecule has 10 heteroatoms. The molecule has 0 amide bonds. The molecule has 0 aromatic heterocycles. The topological polar surface area (TPSA) is 198 Å². The number of hydrogen-bond donors (Lipinski definition) is 6. The van der Waals surface area contributed by atoms with Crippen LogP contribution in [0.4, 0.5) is 0 Å². The van der Waals surface area contributed by atoms with Crippen LogP contribution in [0.15, 0.2) is 0 Å². The van der Waals surface area contributed by atoms with E-state index in [9.17, 15) is 4.79 Å². The smallest absolute Gasteiger partial charge is 0.320 e. The molecule has 0 aliphatic rings. The molecule has 0 heterocycles. The third-order valence-corrected chi connectivity index (χ3v) is 1.70. The number of carboxylic acids is 1. The molecular weight excluding hydrogens is 282 g/mol. The number of hydrogen-bond acceptors (Lipinski definition) is 9. The van der Waals surface area contributed by atoms with Crippen molar-refractivity contribution < 1.29 is 24.3 Å². The van der Waals surface area contributed by atoms with E-state index in [1.54, 1.807) is 0 Å². The first kappa shape index (κ1) is 27.0. The number of carboxylic acid groups (broad SMARTS) is 1. The number of isocyanates is 3. The van der Waals surface area contributed by atoms with Crippen LogP contribution in [0, 0.1) is 16.2 Å². The van der Waals surface area contributed by atoms with Gasteiger partial charge in [-0.15, -0.1) is 0 Å². The Balaban J connectivity index is -0.000000132. The second-order valence-electron chi connectivity index (χ2n) is 3.04. The summed E-state index contributed by atoms with van der Waals surface area (Å²) < 4.78 is 0. The van der Waals surface area contributed by atoms with Crippen molar-refractivity contribution in [2.75, 3.05) is 13.1 Å². The normalized spacial score (nSPS) is 8.48. The highest BCUT2D eigenvalue weighted by molar-refractivity contribution is 5.73. The molecule has 0 saturated carbocycles. The summed E-state index contributed by atoms with van der Waals surface area (Å²) in [5.74, 6) is -0.770. The highest BCUT2D eigenvalue weighted by atomic mass is 16.4. The van der Waals surface area contributed by atoms with E-state index >= 15 is 0 Å². The molecule has 0 aromatic carbocycles. The Bertz CT molecular complexity index is 301. The van der Waals surface area contributed by atoms with Gasteiger partial charge in [-0.25, -0.2) is 30.6 Å². The summed E-state index contributed by atoms with van der Waals surface area (Å²) in [5, 5.41) is 27.8. The number of nitrogens with one attached hydrogen (secondary N) is 4. The van der Waals surface area contributed by atoms with E-state index in [4.69, 9.17) is 41.5 Å². The Hall–Kier alpha value is -2.47. The molecule has 120 valence electrons. The molecule has 0 aliphatic heterocycles. The lowest BCUT2D eigenvalue weighted by molar-refractivity contribution is -0.139. The average molecular weight is 303 g/mol. The zero-order valence-corrected chi connectivity index (χ0v) is 11.8. The maximum atomic E-state index is 10.6. The quantitative estimate of drug-likeness (QED) is 0.214. The van der Waals surface area contributed by atoms with Crippen molar-refractivity contribution in [3.8, 4) is 0 Å². The Morgan fingerprint density at radius 1 is 1.14 bits per heavy atom. The van der Waals surface area contributed by atoms with Crippen molar-refractivity contribution >= 4 is 24.2 Å². The van der Waals surface area contributed by atoms with Crippen molar-refractivity contribution in [1.82, 2.24) is 5.32 Å². The predicted octanol–water partition coefficient (Wildman–Crippen LogP) is -0.119. The van der Waals surface area contributed by atoms with Crippen LogP contribution >= 0.6 is 0 Å². The number of likely N-dealkylation sites (N-methyl/N-ethyl adjacent to an activating group) is 1. The second-order valence-corrected chi connectivity index (χ2v) is 3.04. The predicted molar refractivity (Wildman–Crippen MR) is 73.2 cm³/mol. The summed E-state index contributed by atoms with van der Waals surface area (Å²) in [6.45, 7) is 3.23. The molecule has 0 rings (SSSR count). The molecule has 0 aliphatic carbocycles. The van der Waals surface area contributed by atoms with Gasteiger partial charge in [0.05, 0.1) is 0 Å². The number of rotatable bonds is 7. The van der Waals surface area contributed by atoms with Gasteiger partial charge in [0.1, 0.15) is 6.04 Å². The van der Waals surface area contributed by atoms with E-state index in [2.05, 4.69) is 5.32 Å². The molecule has 7 N–H and O–H groups in total. The highest BCUT2D eigenvalue weighted by Gasteiger charge is 2.14. The Morgan fingerprint density at radius 3 is 1.76 bits per heavy atom. The lowest BCUT2D eigenvalue weighted by atomic mass is 10.1. The fraction of sp³-hybridized carbons (Fsp3) is 0.636. The van der Waals surface area contributed by atoms with Crippen LogP contribution in [-0.4, -0.2) is 48.4 Å². The van der Waals surface area contributed by atoms with Crippen LogP contribution in [0.1, 0.15) is 26.2 Å². The minimum Gasteiger partial charge on any atom is -0.480 e. The van der Waals surface area contributed by atoms with Crippen LogP contribution in [0.3, 0.4) is 0 Å². The van der Waals surface area contributed by atoms with Crippen molar-refractivity contribution in [1.29, 1.82) is 16.2 Å². The van der Waals surface area contributed by atoms with Crippen molar-refractivity contribution in [3.05, 3.63) is 0 Å². The lowest BCUT2D eigenvalue weighted by Crippen LogP contribution is -2.36. The molecule has 0 saturated heterocycles. The van der Waals surface area contributed by atoms with E-state index in [0.29, 0.717) is 19.5 Å². The molecule has 0 aromatic rings. The van der Waals surface area contributed by atoms with Crippen LogP contribution in [-0.2, 0) is 19.2 Å². The van der Waals surface area contributed by atoms with Crippen LogP contribution < -0.4 is 11.1 Å². The summed E-state index contributed by atoms with van der Waals surface area (Å²) in [7, 11) is 0. The van der Waals surface area contributed by atoms with Gasteiger partial charge < -0.3 is 16.2 Å². The SMILES string of the molecule is CCNC(CCCCN)C(=O)O.N=C=O.N=C=O.N=C=O. The molecule has 0 spiro atoms. The number of carbonyl (C=O) groups is 1. The molecule has 10 nitrogen and oxygen atoms in total. The van der Waals surface area contributed by atoms with Crippen LogP contribution in [0.5, 0.6) is 0 Å². The van der Waals surface area contributed by atoms with Gasteiger partial charge in [0, 0.05) is 0 Å². The number of nitrogens with two attached hydrogens (primary N) is 1. The van der Waals surface area contributed by atoms with Gasteiger partial charge in [-0.2, -0.15) is 0 Å². The van der Waals surface area contributed by atoms with Crippen molar-refractivity contribution in [2.24, 2.45) is 5.73 Å². The van der Waals surface area contributed by atoms with Gasteiger partial charge in [-0.1, -0.05) is 13.3 Å². The second kappa shape index (κ2) is 30.5. The summed E-state index contributed by atoms with van der Waals surface area (Å²) >= 11 is 0. The molecular formula is C11H21N5O5. The van der Waals surface area contributed by atoms with Crippen molar-refractivity contribution in [3.63, 3.8) is 0 Å². The Labute approximate surface area is 122 Å². The van der Waals surface area contributed by atoms with E-state index in [1.807, 2.05) is 6.92 Å². The summed E-state index contributed by atoms with van der Waals surface area (Å²) in [5.41, 5.74) is 5.30. The molecule has 0 bridgehead atoms. The van der Waals surface area contributed by atoms with E-state index in [0.717, 1.165) is 31.1 Å². The van der Waals surface area contributed by atoms with Gasteiger partial charge in [0.25, 0.3) is 0 Å². The molecule has 0 fully saturated rings. The number of carbonyl (C=O) groups excluding carboxylic acids is 3. The monoisotopic (exact) mass is 303 g/mol. The summed E-state index contributed by atoms with van der Waals surface area (Å²) in [6.07, 6.45) is 4.69. The van der Waals surface area contributed by atoms with Crippen LogP contribution in [0.25, 0.3) is 0 Å². The fourth-order valence-electron chi connectivity index (χ4n) is 1.05. The van der Waals surface area contributed by atoms with E-state index in [1.165, 1.54) is 0 Å². The summed E-state index contributed by atoms with van der Waals surface area (Å²) in [4.78, 5) is 35.6. The third-order valence-electron chi connectivity index (χ3n) is 1.70. The number of aliphatic carboxylic acids is 1. The highest BCUT2D eigenvalue weighted by Crippen LogP contribution is 1.99. The average Bonchev–Trinajstić information content (AvgIpc) is 2.40. The molecule has 1 atom stereocenters. The Kier molecular flexibility index (Phi) is 39.2. The first-order chi connectivity index (χ1) is 9.96. The van der Waals surface area contributed by atoms with Crippen molar-refractivity contribution in [2.45, 2.75) is 32.2 Å². The molecule has 21 heavy (non-hydrogen) atoms. The van der Waals surface area contributed by atoms with Gasteiger partial charge in [-0.05, 0) is 25.9 Å². The Morgan fingerprint density at radius 2 is 1.52 bits per heavy atom. The maximum Gasteiger partial charge on any atom is 0.320 e. The largest absolute Gasteiger partial charge is 0.480 e. The third kappa shape index (κ3) is 46.6. The molecule has 1 unspecified atom stereocenters. The van der Waals surface area contributed by atoms with E-state index in [-0.39, 0.29) is 0 Å². The zero-order chi connectivity index (χ0) is 17.5. The minimum absolute atomic E-state index is 0.401. The zero-order valence-electron chi connectivity index (χ0n) is 11.8. The van der Waals surface area contributed by atoms with E-state index < -0.39 is 12.0 Å². The first-order valence-corrected chi connectivity index (χ1v) is 5.74.